The summed E-state index contributed by atoms with van der Waals surface area (Å²) in [7, 11) is 0. The Morgan fingerprint density at radius 2 is 1.95 bits per heavy atom. The fourth-order valence-corrected chi connectivity index (χ4v) is 1.91. The third-order valence-electron chi connectivity index (χ3n) is 3.04. The molecule has 0 amide bonds. The molecule has 1 aromatic heterocycles. The number of carboxylic acids is 1. The minimum absolute atomic E-state index is 0. The molecule has 5 nitrogen and oxygen atoms in total. The maximum atomic E-state index is 10.8. The number of carboxylic acid groups (broad SMARTS) is 1. The predicted molar refractivity (Wildman–Crippen MR) is 80.9 cm³/mol. The van der Waals surface area contributed by atoms with Gasteiger partial charge in [-0.05, 0) is 30.5 Å². The first kappa shape index (κ1) is 18.6. The summed E-state index contributed by atoms with van der Waals surface area (Å²) in [6, 6.07) is 6.85. The molecule has 0 aliphatic rings. The second-order valence-corrected chi connectivity index (χ2v) is 4.61. The van der Waals surface area contributed by atoms with Crippen molar-refractivity contribution >= 4 is 11.8 Å². The van der Waals surface area contributed by atoms with Gasteiger partial charge in [-0.25, -0.2) is 4.79 Å². The number of aromatic carboxylic acids is 1. The Kier molecular flexibility index (Phi) is 7.49. The number of aryl methyl sites for hydroxylation is 2. The van der Waals surface area contributed by atoms with E-state index < -0.39 is 5.97 Å². The van der Waals surface area contributed by atoms with E-state index in [4.69, 9.17) is 5.11 Å². The Hall–Kier alpha value is -1.46. The molecule has 0 aliphatic heterocycles. The zero-order chi connectivity index (χ0) is 15.2. The van der Waals surface area contributed by atoms with E-state index in [2.05, 4.69) is 22.2 Å². The number of aromatic nitrogens is 2. The molecule has 22 heavy (non-hydrogen) atoms. The molecule has 2 aromatic rings. The van der Waals surface area contributed by atoms with E-state index in [1.165, 1.54) is 0 Å². The number of nitrogens with zero attached hydrogens (tertiary/aromatic N) is 3. The van der Waals surface area contributed by atoms with Gasteiger partial charge >= 0.3 is 5.97 Å². The van der Waals surface area contributed by atoms with Gasteiger partial charge in [-0.3, -0.25) is 0 Å². The van der Waals surface area contributed by atoms with Crippen LogP contribution in [0.15, 0.2) is 30.5 Å². The summed E-state index contributed by atoms with van der Waals surface area (Å²) in [6.07, 6.45) is 3.12. The van der Waals surface area contributed by atoms with Gasteiger partial charge in [0.05, 0.1) is 5.56 Å². The van der Waals surface area contributed by atoms with Crippen LogP contribution in [0, 0.1) is 6.92 Å². The van der Waals surface area contributed by atoms with Gasteiger partial charge < -0.3 is 20.4 Å². The average Bonchev–Trinajstić information content (AvgIpc) is 2.48. The Bertz CT molecular complexity index is 630. The van der Waals surface area contributed by atoms with E-state index in [1.807, 2.05) is 19.1 Å². The number of rotatable bonds is 6. The second kappa shape index (κ2) is 8.86. The molecule has 0 atom stereocenters. The van der Waals surface area contributed by atoms with Gasteiger partial charge in [0.15, 0.2) is 0 Å². The molecule has 113 valence electrons. The Morgan fingerprint density at radius 3 is 2.55 bits per heavy atom. The van der Waals surface area contributed by atoms with E-state index in [9.17, 15) is 4.79 Å². The second-order valence-electron chi connectivity index (χ2n) is 4.61. The van der Waals surface area contributed by atoms with Crippen molar-refractivity contribution in [2.24, 2.45) is 0 Å². The van der Waals surface area contributed by atoms with Crippen LogP contribution in [0.1, 0.15) is 34.2 Å². The number of hydrogen-bond acceptors (Lipinski definition) is 3. The minimum Gasteiger partial charge on any atom is -0.527 e. The van der Waals surface area contributed by atoms with Crippen LogP contribution in [0.2, 0.25) is 0 Å². The third-order valence-corrected chi connectivity index (χ3v) is 3.04. The SMILES string of the molecule is [CH2-]c1cnc(CCc2ccc(C(=O)O)cc2)nc1[N-]CC.[Y]. The molecule has 0 fully saturated rings. The maximum Gasteiger partial charge on any atom is 0.335 e. The normalized spacial score (nSPS) is 9.86. The largest absolute Gasteiger partial charge is 0.527 e. The smallest absolute Gasteiger partial charge is 0.335 e. The molecule has 1 radical (unpaired) electrons. The molecular formula is C16H17N3O2Y-2. The monoisotopic (exact) mass is 372 g/mol. The molecule has 0 spiro atoms. The maximum absolute atomic E-state index is 10.8. The molecule has 0 unspecified atom stereocenters. The van der Waals surface area contributed by atoms with E-state index in [1.54, 1.807) is 18.3 Å². The standard InChI is InChI=1S/C16H18N3O2.Y/c1-3-17-15-11(2)10-18-14(19-15)9-6-12-4-7-13(8-5-12)16(20)21;/h4-5,7-8,10H,2-3,6,9H2,1H3,(H2,17,18,19,20,21);/q-1;/p-1. The van der Waals surface area contributed by atoms with Crippen LogP contribution in [0.25, 0.3) is 5.32 Å². The predicted octanol–water partition coefficient (Wildman–Crippen LogP) is 3.16. The van der Waals surface area contributed by atoms with Crippen LogP contribution in [-0.4, -0.2) is 27.6 Å². The zero-order valence-corrected chi connectivity index (χ0v) is 15.3. The Labute approximate surface area is 155 Å². The first-order valence-electron chi connectivity index (χ1n) is 6.77. The van der Waals surface area contributed by atoms with Gasteiger partial charge in [-0.1, -0.05) is 31.8 Å². The summed E-state index contributed by atoms with van der Waals surface area (Å²) in [5.41, 5.74) is 2.07. The number of hydrogen-bond donors (Lipinski definition) is 1. The molecular weight excluding hydrogens is 355 g/mol. The molecule has 0 saturated heterocycles. The van der Waals surface area contributed by atoms with Crippen LogP contribution < -0.4 is 0 Å². The molecule has 1 aromatic carbocycles. The Morgan fingerprint density at radius 1 is 1.27 bits per heavy atom. The van der Waals surface area contributed by atoms with E-state index >= 15 is 0 Å². The third kappa shape index (κ3) is 5.07. The molecule has 2 rings (SSSR count). The fourth-order valence-electron chi connectivity index (χ4n) is 1.91. The van der Waals surface area contributed by atoms with Gasteiger partial charge in [0.1, 0.15) is 0 Å². The van der Waals surface area contributed by atoms with Gasteiger partial charge in [0.2, 0.25) is 0 Å². The van der Waals surface area contributed by atoms with E-state index in [0.717, 1.165) is 23.4 Å². The molecule has 1 heterocycles. The molecule has 1 N–H and O–H groups in total. The van der Waals surface area contributed by atoms with Crippen molar-refractivity contribution in [3.8, 4) is 0 Å². The molecule has 6 heteroatoms. The van der Waals surface area contributed by atoms with Gasteiger partial charge in [-0.15, -0.1) is 0 Å². The molecule has 0 aliphatic carbocycles. The van der Waals surface area contributed by atoms with Gasteiger partial charge in [-0.2, -0.15) is 18.3 Å². The fraction of sp³-hybridized carbons (Fsp3) is 0.250. The van der Waals surface area contributed by atoms with Crippen molar-refractivity contribution in [3.05, 3.63) is 65.2 Å². The van der Waals surface area contributed by atoms with Crippen LogP contribution >= 0.6 is 0 Å². The van der Waals surface area contributed by atoms with Crippen LogP contribution in [0.3, 0.4) is 0 Å². The summed E-state index contributed by atoms with van der Waals surface area (Å²) in [6.45, 7) is 6.46. The van der Waals surface area contributed by atoms with Crippen molar-refractivity contribution < 1.29 is 42.6 Å². The summed E-state index contributed by atoms with van der Waals surface area (Å²) in [5.74, 6) is 0.447. The first-order chi connectivity index (χ1) is 10.1. The topological polar surface area (TPSA) is 77.2 Å². The van der Waals surface area contributed by atoms with Crippen molar-refractivity contribution in [1.82, 2.24) is 9.97 Å². The first-order valence-corrected chi connectivity index (χ1v) is 6.77. The summed E-state index contributed by atoms with van der Waals surface area (Å²) < 4.78 is 0. The number of benzene rings is 1. The average molecular weight is 372 g/mol. The van der Waals surface area contributed by atoms with Crippen LogP contribution in [-0.2, 0) is 45.6 Å². The van der Waals surface area contributed by atoms with Crippen LogP contribution in [0.5, 0.6) is 0 Å². The van der Waals surface area contributed by atoms with Crippen molar-refractivity contribution in [3.63, 3.8) is 0 Å². The molecule has 0 saturated carbocycles. The zero-order valence-electron chi connectivity index (χ0n) is 12.5. The quantitative estimate of drug-likeness (QED) is 0.791. The van der Waals surface area contributed by atoms with Crippen molar-refractivity contribution in [2.75, 3.05) is 6.54 Å². The van der Waals surface area contributed by atoms with Crippen molar-refractivity contribution in [1.29, 1.82) is 0 Å². The van der Waals surface area contributed by atoms with Gasteiger partial charge in [0.25, 0.3) is 0 Å². The summed E-state index contributed by atoms with van der Waals surface area (Å²) in [5, 5.41) is 13.1. The molecule has 0 bridgehead atoms. The van der Waals surface area contributed by atoms with E-state index in [0.29, 0.717) is 24.3 Å². The van der Waals surface area contributed by atoms with E-state index in [-0.39, 0.29) is 32.7 Å². The number of carbonyl (C=O) groups is 1. The summed E-state index contributed by atoms with van der Waals surface area (Å²) >= 11 is 0. The summed E-state index contributed by atoms with van der Waals surface area (Å²) in [4.78, 5) is 19.4. The van der Waals surface area contributed by atoms with Gasteiger partial charge in [0, 0.05) is 38.5 Å². The minimum atomic E-state index is -0.915. The van der Waals surface area contributed by atoms with Crippen molar-refractivity contribution in [2.45, 2.75) is 19.8 Å². The van der Waals surface area contributed by atoms with Crippen LogP contribution in [0.4, 0.5) is 5.82 Å². The Balaban J connectivity index is 0.00000242.